The summed E-state index contributed by atoms with van der Waals surface area (Å²) in [6.45, 7) is 3.30. The summed E-state index contributed by atoms with van der Waals surface area (Å²) >= 11 is 9.35. The molecule has 2 aromatic carbocycles. The van der Waals surface area contributed by atoms with Gasteiger partial charge in [-0.3, -0.25) is 9.10 Å². The van der Waals surface area contributed by atoms with Gasteiger partial charge in [0.15, 0.2) is 0 Å². The summed E-state index contributed by atoms with van der Waals surface area (Å²) < 4.78 is 26.6. The Bertz CT molecular complexity index is 903. The van der Waals surface area contributed by atoms with E-state index in [2.05, 4.69) is 21.2 Å². The second-order valence-electron chi connectivity index (χ2n) is 5.67. The Morgan fingerprint density at radius 3 is 2.52 bits per heavy atom. The smallest absolute Gasteiger partial charge is 0.247 e. The van der Waals surface area contributed by atoms with Crippen LogP contribution < -0.4 is 9.62 Å². The van der Waals surface area contributed by atoms with Gasteiger partial charge in [0.25, 0.3) is 0 Å². The number of nitrogens with one attached hydrogen (secondary N) is 1. The number of rotatable bonds is 5. The average Bonchev–Trinajstić information content (AvgIpc) is 2.49. The van der Waals surface area contributed by atoms with Crippen LogP contribution >= 0.6 is 27.5 Å². The van der Waals surface area contributed by atoms with Gasteiger partial charge in [0, 0.05) is 15.2 Å². The van der Waals surface area contributed by atoms with E-state index in [4.69, 9.17) is 11.6 Å². The standard InChI is InChI=1S/C17H18BrClN2O3S/c1-11-7-8-14(19)10-16(11)21(25(3,23)24)12(2)17(22)20-15-6-4-5-13(18)9-15/h4-10,12H,1-3H3,(H,20,22)/t12-/m1/s1. The van der Waals surface area contributed by atoms with E-state index in [0.717, 1.165) is 15.0 Å². The topological polar surface area (TPSA) is 66.5 Å². The van der Waals surface area contributed by atoms with Crippen LogP contribution in [0.1, 0.15) is 12.5 Å². The molecule has 1 N–H and O–H groups in total. The first-order valence-corrected chi connectivity index (χ1v) is 10.4. The number of anilines is 2. The van der Waals surface area contributed by atoms with E-state index in [0.29, 0.717) is 22.0 Å². The molecular weight excluding hydrogens is 428 g/mol. The highest BCUT2D eigenvalue weighted by molar-refractivity contribution is 9.10. The van der Waals surface area contributed by atoms with Gasteiger partial charge in [0.2, 0.25) is 15.9 Å². The third-order valence-corrected chi connectivity index (χ3v) is 5.55. The van der Waals surface area contributed by atoms with Gasteiger partial charge in [-0.15, -0.1) is 0 Å². The molecule has 1 amide bonds. The van der Waals surface area contributed by atoms with E-state index in [1.165, 1.54) is 6.92 Å². The Labute approximate surface area is 161 Å². The van der Waals surface area contributed by atoms with E-state index in [-0.39, 0.29) is 0 Å². The number of halogens is 2. The molecule has 0 aliphatic carbocycles. The summed E-state index contributed by atoms with van der Waals surface area (Å²) in [4.78, 5) is 12.6. The molecule has 0 unspecified atom stereocenters. The van der Waals surface area contributed by atoms with Crippen LogP contribution in [0.5, 0.6) is 0 Å². The number of nitrogens with zero attached hydrogens (tertiary/aromatic N) is 1. The van der Waals surface area contributed by atoms with Crippen LogP contribution in [-0.2, 0) is 14.8 Å². The van der Waals surface area contributed by atoms with Crippen molar-refractivity contribution < 1.29 is 13.2 Å². The Kier molecular flexibility index (Phi) is 6.13. The lowest BCUT2D eigenvalue weighted by Crippen LogP contribution is -2.45. The largest absolute Gasteiger partial charge is 0.324 e. The van der Waals surface area contributed by atoms with Crippen LogP contribution in [0.25, 0.3) is 0 Å². The summed E-state index contributed by atoms with van der Waals surface area (Å²) in [5.74, 6) is -0.442. The normalized spacial score (nSPS) is 12.5. The quantitative estimate of drug-likeness (QED) is 0.750. The van der Waals surface area contributed by atoms with Gasteiger partial charge in [0.1, 0.15) is 6.04 Å². The summed E-state index contributed by atoms with van der Waals surface area (Å²) in [7, 11) is -3.70. The van der Waals surface area contributed by atoms with Gasteiger partial charge in [-0.2, -0.15) is 0 Å². The number of carbonyl (C=O) groups is 1. The zero-order chi connectivity index (χ0) is 18.8. The summed E-state index contributed by atoms with van der Waals surface area (Å²) in [6.07, 6.45) is 1.07. The summed E-state index contributed by atoms with van der Waals surface area (Å²) in [5, 5.41) is 3.13. The molecule has 0 fully saturated rings. The van der Waals surface area contributed by atoms with Gasteiger partial charge in [-0.25, -0.2) is 8.42 Å². The van der Waals surface area contributed by atoms with Crippen molar-refractivity contribution >= 4 is 54.8 Å². The fourth-order valence-corrected chi connectivity index (χ4v) is 4.20. The third kappa shape index (κ3) is 4.96. The van der Waals surface area contributed by atoms with Crippen LogP contribution in [0.2, 0.25) is 5.02 Å². The summed E-state index contributed by atoms with van der Waals surface area (Å²) in [6, 6.07) is 11.1. The van der Waals surface area contributed by atoms with E-state index in [1.54, 1.807) is 43.3 Å². The average molecular weight is 446 g/mol. The van der Waals surface area contributed by atoms with Crippen molar-refractivity contribution in [3.63, 3.8) is 0 Å². The Balaban J connectivity index is 2.38. The highest BCUT2D eigenvalue weighted by Gasteiger charge is 2.30. The number of benzene rings is 2. The van der Waals surface area contributed by atoms with Crippen molar-refractivity contribution in [2.45, 2.75) is 19.9 Å². The van der Waals surface area contributed by atoms with E-state index < -0.39 is 22.0 Å². The van der Waals surface area contributed by atoms with Crippen molar-refractivity contribution in [3.8, 4) is 0 Å². The molecule has 0 heterocycles. The zero-order valence-electron chi connectivity index (χ0n) is 14.0. The first kappa shape index (κ1) is 19.8. The van der Waals surface area contributed by atoms with Gasteiger partial charge in [-0.05, 0) is 49.7 Å². The predicted octanol–water partition coefficient (Wildman–Crippen LogP) is 4.20. The third-order valence-electron chi connectivity index (χ3n) is 3.59. The number of hydrogen-bond acceptors (Lipinski definition) is 3. The number of aryl methyl sites for hydroxylation is 1. The molecule has 25 heavy (non-hydrogen) atoms. The maximum atomic E-state index is 12.6. The monoisotopic (exact) mass is 444 g/mol. The van der Waals surface area contributed by atoms with Crippen LogP contribution in [0.3, 0.4) is 0 Å². The maximum Gasteiger partial charge on any atom is 0.247 e. The van der Waals surface area contributed by atoms with E-state index in [1.807, 2.05) is 6.07 Å². The molecule has 5 nitrogen and oxygen atoms in total. The predicted molar refractivity (Wildman–Crippen MR) is 106 cm³/mol. The van der Waals surface area contributed by atoms with Crippen LogP contribution in [0.4, 0.5) is 11.4 Å². The minimum absolute atomic E-state index is 0.381. The van der Waals surface area contributed by atoms with Crippen LogP contribution in [0.15, 0.2) is 46.9 Å². The highest BCUT2D eigenvalue weighted by atomic mass is 79.9. The fourth-order valence-electron chi connectivity index (χ4n) is 2.41. The molecule has 0 aliphatic heterocycles. The second kappa shape index (κ2) is 7.76. The fraction of sp³-hybridized carbons (Fsp3) is 0.235. The van der Waals surface area contributed by atoms with E-state index in [9.17, 15) is 13.2 Å². The number of amides is 1. The molecule has 0 radical (unpaired) electrons. The van der Waals surface area contributed by atoms with Gasteiger partial charge in [0.05, 0.1) is 11.9 Å². The Morgan fingerprint density at radius 2 is 1.92 bits per heavy atom. The van der Waals surface area contributed by atoms with Gasteiger partial charge in [-0.1, -0.05) is 39.7 Å². The molecule has 8 heteroatoms. The van der Waals surface area contributed by atoms with Crippen LogP contribution in [-0.4, -0.2) is 26.6 Å². The molecule has 0 aromatic heterocycles. The molecule has 134 valence electrons. The Morgan fingerprint density at radius 1 is 1.24 bits per heavy atom. The van der Waals surface area contributed by atoms with Crippen molar-refractivity contribution in [3.05, 3.63) is 57.5 Å². The van der Waals surface area contributed by atoms with Crippen molar-refractivity contribution in [1.82, 2.24) is 0 Å². The maximum absolute atomic E-state index is 12.6. The minimum Gasteiger partial charge on any atom is -0.324 e. The molecule has 0 bridgehead atoms. The molecule has 1 atom stereocenters. The van der Waals surface area contributed by atoms with Crippen molar-refractivity contribution in [1.29, 1.82) is 0 Å². The SMILES string of the molecule is Cc1ccc(Cl)cc1N([C@H](C)C(=O)Nc1cccc(Br)c1)S(C)(=O)=O. The molecule has 0 aliphatic rings. The number of carbonyl (C=O) groups excluding carboxylic acids is 1. The molecule has 0 spiro atoms. The van der Waals surface area contributed by atoms with Crippen LogP contribution in [0, 0.1) is 6.92 Å². The highest BCUT2D eigenvalue weighted by Crippen LogP contribution is 2.28. The molecule has 0 saturated carbocycles. The Hall–Kier alpha value is -1.57. The first-order valence-electron chi connectivity index (χ1n) is 7.41. The number of hydrogen-bond donors (Lipinski definition) is 1. The van der Waals surface area contributed by atoms with Crippen molar-refractivity contribution in [2.24, 2.45) is 0 Å². The second-order valence-corrected chi connectivity index (χ2v) is 8.88. The lowest BCUT2D eigenvalue weighted by Gasteiger charge is -2.29. The lowest BCUT2D eigenvalue weighted by molar-refractivity contribution is -0.116. The molecule has 2 aromatic rings. The van der Waals surface area contributed by atoms with E-state index >= 15 is 0 Å². The van der Waals surface area contributed by atoms with Gasteiger partial charge >= 0.3 is 0 Å². The molecular formula is C17H18BrClN2O3S. The van der Waals surface area contributed by atoms with Gasteiger partial charge < -0.3 is 5.32 Å². The lowest BCUT2D eigenvalue weighted by atomic mass is 10.1. The first-order chi connectivity index (χ1) is 11.6. The molecule has 0 saturated heterocycles. The minimum atomic E-state index is -3.70. The summed E-state index contributed by atoms with van der Waals surface area (Å²) in [5.41, 5.74) is 1.66. The molecule has 2 rings (SSSR count). The number of sulfonamides is 1. The van der Waals surface area contributed by atoms with Crippen molar-refractivity contribution in [2.75, 3.05) is 15.9 Å². The zero-order valence-corrected chi connectivity index (χ0v) is 17.1.